The number of hydrogen-bond acceptors (Lipinski definition) is 4. The monoisotopic (exact) mass is 332 g/mol. The zero-order valence-corrected chi connectivity index (χ0v) is 14.4. The lowest BCUT2D eigenvalue weighted by Crippen LogP contribution is -2.32. The number of fused-ring (bicyclic) bond motifs is 1. The summed E-state index contributed by atoms with van der Waals surface area (Å²) in [4.78, 5) is 19.4. The first-order valence-corrected chi connectivity index (χ1v) is 8.61. The topological polar surface area (TPSA) is 59.0 Å². The summed E-state index contributed by atoms with van der Waals surface area (Å²) < 4.78 is 0. The molecule has 2 aromatic carbocycles. The fourth-order valence-corrected chi connectivity index (χ4v) is 3.57. The molecule has 0 bridgehead atoms. The van der Waals surface area contributed by atoms with Crippen LogP contribution in [-0.4, -0.2) is 32.5 Å². The first-order chi connectivity index (χ1) is 12.1. The number of carbonyl (C=O) groups excluding carboxylic acids is 1. The lowest BCUT2D eigenvalue weighted by Gasteiger charge is -2.26. The Labute approximate surface area is 146 Å². The number of amides is 1. The van der Waals surface area contributed by atoms with Crippen molar-refractivity contribution in [1.29, 1.82) is 0 Å². The number of para-hydroxylation sites is 1. The number of aryl methyl sites for hydroxylation is 1. The maximum atomic E-state index is 13.0. The predicted molar refractivity (Wildman–Crippen MR) is 96.3 cm³/mol. The SMILES string of the molecule is Cc1cccc(C2CCCN2C(=O)c2nnc3ccccc3n2)c1C. The molecule has 0 spiro atoms. The molecule has 1 atom stereocenters. The fraction of sp³-hybridized carbons (Fsp3) is 0.300. The van der Waals surface area contributed by atoms with Gasteiger partial charge in [-0.25, -0.2) is 4.98 Å². The van der Waals surface area contributed by atoms with Gasteiger partial charge in [0, 0.05) is 6.54 Å². The van der Waals surface area contributed by atoms with E-state index < -0.39 is 0 Å². The highest BCUT2D eigenvalue weighted by molar-refractivity contribution is 5.92. The first kappa shape index (κ1) is 15.7. The Morgan fingerprint density at radius 2 is 1.84 bits per heavy atom. The molecule has 1 unspecified atom stereocenters. The fourth-order valence-electron chi connectivity index (χ4n) is 3.57. The van der Waals surface area contributed by atoms with Gasteiger partial charge in [-0.15, -0.1) is 10.2 Å². The summed E-state index contributed by atoms with van der Waals surface area (Å²) >= 11 is 0. The molecule has 1 amide bonds. The van der Waals surface area contributed by atoms with Gasteiger partial charge in [-0.1, -0.05) is 30.3 Å². The van der Waals surface area contributed by atoms with E-state index in [4.69, 9.17) is 0 Å². The van der Waals surface area contributed by atoms with Crippen molar-refractivity contribution in [2.45, 2.75) is 32.7 Å². The molecule has 126 valence electrons. The van der Waals surface area contributed by atoms with Crippen LogP contribution in [0, 0.1) is 13.8 Å². The molecule has 25 heavy (non-hydrogen) atoms. The van der Waals surface area contributed by atoms with Crippen LogP contribution >= 0.6 is 0 Å². The molecule has 5 nitrogen and oxygen atoms in total. The Bertz CT molecular complexity index is 953. The third-order valence-electron chi connectivity index (χ3n) is 5.07. The minimum Gasteiger partial charge on any atom is -0.329 e. The number of carbonyl (C=O) groups is 1. The Kier molecular flexibility index (Phi) is 3.92. The van der Waals surface area contributed by atoms with Crippen molar-refractivity contribution in [2.24, 2.45) is 0 Å². The van der Waals surface area contributed by atoms with Crippen LogP contribution in [0.1, 0.15) is 46.2 Å². The molecule has 5 heteroatoms. The molecule has 2 heterocycles. The van der Waals surface area contributed by atoms with Gasteiger partial charge in [-0.05, 0) is 55.5 Å². The van der Waals surface area contributed by atoms with Gasteiger partial charge in [0.2, 0.25) is 5.82 Å². The Hall–Kier alpha value is -2.82. The Balaban J connectivity index is 1.69. The first-order valence-electron chi connectivity index (χ1n) is 8.61. The van der Waals surface area contributed by atoms with Crippen molar-refractivity contribution in [3.05, 3.63) is 65.0 Å². The minimum atomic E-state index is -0.137. The number of likely N-dealkylation sites (tertiary alicyclic amines) is 1. The maximum Gasteiger partial charge on any atom is 0.294 e. The summed E-state index contributed by atoms with van der Waals surface area (Å²) in [6.07, 6.45) is 1.96. The summed E-state index contributed by atoms with van der Waals surface area (Å²) in [5.41, 5.74) is 5.12. The number of hydrogen-bond donors (Lipinski definition) is 0. The van der Waals surface area contributed by atoms with E-state index >= 15 is 0 Å². The molecule has 1 saturated heterocycles. The maximum absolute atomic E-state index is 13.0. The van der Waals surface area contributed by atoms with Gasteiger partial charge in [-0.3, -0.25) is 4.79 Å². The number of benzene rings is 2. The van der Waals surface area contributed by atoms with E-state index in [1.165, 1.54) is 16.7 Å². The highest BCUT2D eigenvalue weighted by Crippen LogP contribution is 2.35. The van der Waals surface area contributed by atoms with Crippen molar-refractivity contribution in [3.63, 3.8) is 0 Å². The third-order valence-corrected chi connectivity index (χ3v) is 5.07. The number of nitrogens with zero attached hydrogens (tertiary/aromatic N) is 4. The molecule has 1 aliphatic heterocycles. The van der Waals surface area contributed by atoms with Gasteiger partial charge in [0.25, 0.3) is 5.91 Å². The lowest BCUT2D eigenvalue weighted by atomic mass is 9.96. The molecular formula is C20H20N4O. The summed E-state index contributed by atoms with van der Waals surface area (Å²) in [6, 6.07) is 13.9. The second-order valence-electron chi connectivity index (χ2n) is 6.57. The van der Waals surface area contributed by atoms with E-state index in [0.29, 0.717) is 11.0 Å². The molecule has 0 N–H and O–H groups in total. The predicted octanol–water partition coefficient (Wildman–Crippen LogP) is 3.62. The van der Waals surface area contributed by atoms with E-state index in [9.17, 15) is 4.79 Å². The van der Waals surface area contributed by atoms with E-state index in [1.807, 2.05) is 29.2 Å². The average Bonchev–Trinajstić information content (AvgIpc) is 3.12. The standard InChI is InChI=1S/C20H20N4O/c1-13-7-5-8-15(14(13)2)18-11-6-12-24(18)20(25)19-21-16-9-3-4-10-17(16)22-23-19/h3-5,7-10,18H,6,11-12H2,1-2H3. The zero-order chi connectivity index (χ0) is 17.4. The largest absolute Gasteiger partial charge is 0.329 e. The van der Waals surface area contributed by atoms with Gasteiger partial charge in [0.1, 0.15) is 5.52 Å². The minimum absolute atomic E-state index is 0.0856. The molecule has 0 aliphatic carbocycles. The average molecular weight is 332 g/mol. The normalized spacial score (nSPS) is 17.2. The molecule has 1 fully saturated rings. The van der Waals surface area contributed by atoms with Crippen LogP contribution in [0.4, 0.5) is 0 Å². The summed E-state index contributed by atoms with van der Waals surface area (Å²) in [6.45, 7) is 4.96. The molecule has 0 radical (unpaired) electrons. The van der Waals surface area contributed by atoms with Gasteiger partial charge >= 0.3 is 0 Å². The van der Waals surface area contributed by atoms with Crippen molar-refractivity contribution < 1.29 is 4.79 Å². The smallest absolute Gasteiger partial charge is 0.294 e. The third kappa shape index (κ3) is 2.76. The van der Waals surface area contributed by atoms with Crippen LogP contribution in [0.2, 0.25) is 0 Å². The van der Waals surface area contributed by atoms with Crippen LogP contribution in [0.25, 0.3) is 11.0 Å². The van der Waals surface area contributed by atoms with Crippen molar-refractivity contribution in [2.75, 3.05) is 6.54 Å². The van der Waals surface area contributed by atoms with Crippen molar-refractivity contribution in [1.82, 2.24) is 20.1 Å². The van der Waals surface area contributed by atoms with Gasteiger partial charge in [-0.2, -0.15) is 0 Å². The van der Waals surface area contributed by atoms with Crippen LogP contribution in [0.3, 0.4) is 0 Å². The van der Waals surface area contributed by atoms with E-state index in [-0.39, 0.29) is 17.8 Å². The van der Waals surface area contributed by atoms with Crippen LogP contribution in [0.5, 0.6) is 0 Å². The highest BCUT2D eigenvalue weighted by atomic mass is 16.2. The van der Waals surface area contributed by atoms with Crippen LogP contribution in [-0.2, 0) is 0 Å². The van der Waals surface area contributed by atoms with Crippen LogP contribution in [0.15, 0.2) is 42.5 Å². The second kappa shape index (κ2) is 6.24. The van der Waals surface area contributed by atoms with Crippen molar-refractivity contribution >= 4 is 16.9 Å². The summed E-state index contributed by atoms with van der Waals surface area (Å²) in [5, 5.41) is 8.21. The summed E-state index contributed by atoms with van der Waals surface area (Å²) in [5.74, 6) is 0.0394. The second-order valence-corrected chi connectivity index (χ2v) is 6.57. The van der Waals surface area contributed by atoms with Gasteiger partial charge < -0.3 is 4.90 Å². The Morgan fingerprint density at radius 1 is 1.04 bits per heavy atom. The molecular weight excluding hydrogens is 312 g/mol. The molecule has 1 aliphatic rings. The molecule has 3 aromatic rings. The van der Waals surface area contributed by atoms with E-state index in [0.717, 1.165) is 19.4 Å². The lowest BCUT2D eigenvalue weighted by molar-refractivity contribution is 0.0722. The zero-order valence-electron chi connectivity index (χ0n) is 14.4. The highest BCUT2D eigenvalue weighted by Gasteiger charge is 2.33. The van der Waals surface area contributed by atoms with E-state index in [2.05, 4.69) is 47.2 Å². The number of rotatable bonds is 2. The molecule has 1 aromatic heterocycles. The van der Waals surface area contributed by atoms with Gasteiger partial charge in [0.15, 0.2) is 0 Å². The molecule has 0 saturated carbocycles. The quantitative estimate of drug-likeness (QED) is 0.719. The summed E-state index contributed by atoms with van der Waals surface area (Å²) in [7, 11) is 0. The van der Waals surface area contributed by atoms with Crippen molar-refractivity contribution in [3.8, 4) is 0 Å². The van der Waals surface area contributed by atoms with Gasteiger partial charge in [0.05, 0.1) is 11.6 Å². The molecule has 4 rings (SSSR count). The Morgan fingerprint density at radius 3 is 2.68 bits per heavy atom. The van der Waals surface area contributed by atoms with Crippen LogP contribution < -0.4 is 0 Å². The van der Waals surface area contributed by atoms with E-state index in [1.54, 1.807) is 0 Å². The number of aromatic nitrogens is 3.